The minimum absolute atomic E-state index is 0.157. The summed E-state index contributed by atoms with van der Waals surface area (Å²) in [5.41, 5.74) is 0.0396. The van der Waals surface area contributed by atoms with E-state index in [9.17, 15) is 14.9 Å². The lowest BCUT2D eigenvalue weighted by molar-refractivity contribution is -0.385. The molecule has 23 heavy (non-hydrogen) atoms. The first-order valence-corrected chi connectivity index (χ1v) is 8.70. The Hall–Kier alpha value is -1.87. The molecular formula is C14H15BrN4O3S. The highest BCUT2D eigenvalue weighted by Crippen LogP contribution is 2.26. The minimum atomic E-state index is -0.544. The molecule has 1 heterocycles. The molecule has 0 fully saturated rings. The third kappa shape index (κ3) is 4.80. The molecule has 1 N–H and O–H groups in total. The molecule has 0 bridgehead atoms. The number of nitrogens with zero attached hydrogens (tertiary/aromatic N) is 3. The molecule has 0 unspecified atom stereocenters. The van der Waals surface area contributed by atoms with Gasteiger partial charge in [-0.1, -0.05) is 31.1 Å². The van der Waals surface area contributed by atoms with Crippen molar-refractivity contribution in [2.24, 2.45) is 0 Å². The van der Waals surface area contributed by atoms with E-state index in [0.29, 0.717) is 9.60 Å². The topological polar surface area (TPSA) is 98.0 Å². The number of nitro groups is 1. The van der Waals surface area contributed by atoms with Gasteiger partial charge in [-0.05, 0) is 34.5 Å². The first-order valence-electron chi connectivity index (χ1n) is 7.09. The van der Waals surface area contributed by atoms with Crippen molar-refractivity contribution < 1.29 is 9.72 Å². The zero-order valence-electron chi connectivity index (χ0n) is 12.4. The number of hydrogen-bond acceptors (Lipinski definition) is 6. The number of benzene rings is 1. The fourth-order valence-corrected chi connectivity index (χ4v) is 3.06. The number of carbonyl (C=O) groups is 1. The number of nitro benzene ring substituents is 1. The van der Waals surface area contributed by atoms with Crippen LogP contribution in [0.4, 0.5) is 10.8 Å². The van der Waals surface area contributed by atoms with Gasteiger partial charge in [-0.25, -0.2) is 0 Å². The third-order valence-electron chi connectivity index (χ3n) is 3.09. The zero-order valence-corrected chi connectivity index (χ0v) is 14.8. The van der Waals surface area contributed by atoms with Gasteiger partial charge >= 0.3 is 0 Å². The molecule has 1 aromatic heterocycles. The number of anilines is 1. The predicted octanol–water partition coefficient (Wildman–Crippen LogP) is 4.19. The standard InChI is InChI=1S/C14H15BrN4O3S/c1-2-3-4-5-12-17-18-14(23-12)16-13(20)9-6-7-10(15)11(8-9)19(21)22/h6-8H,2-5H2,1H3,(H,16,18,20). The summed E-state index contributed by atoms with van der Waals surface area (Å²) < 4.78 is 0.327. The molecule has 1 aromatic carbocycles. The summed E-state index contributed by atoms with van der Waals surface area (Å²) in [4.78, 5) is 22.5. The number of rotatable bonds is 7. The molecular weight excluding hydrogens is 384 g/mol. The molecule has 0 aliphatic carbocycles. The van der Waals surface area contributed by atoms with E-state index >= 15 is 0 Å². The van der Waals surface area contributed by atoms with Gasteiger partial charge in [-0.3, -0.25) is 20.2 Å². The zero-order chi connectivity index (χ0) is 16.8. The van der Waals surface area contributed by atoms with E-state index in [1.165, 1.54) is 29.5 Å². The monoisotopic (exact) mass is 398 g/mol. The van der Waals surface area contributed by atoms with E-state index in [2.05, 4.69) is 38.4 Å². The van der Waals surface area contributed by atoms with Crippen LogP contribution in [0.5, 0.6) is 0 Å². The summed E-state index contributed by atoms with van der Waals surface area (Å²) in [5, 5.41) is 22.8. The van der Waals surface area contributed by atoms with Crippen molar-refractivity contribution in [2.75, 3.05) is 5.32 Å². The fraction of sp³-hybridized carbons (Fsp3) is 0.357. The number of halogens is 1. The second kappa shape index (κ2) is 8.11. The SMILES string of the molecule is CCCCCc1nnc(NC(=O)c2ccc(Br)c([N+](=O)[O-])c2)s1. The number of nitrogens with one attached hydrogen (secondary N) is 1. The number of carbonyl (C=O) groups excluding carboxylic acids is 1. The van der Waals surface area contributed by atoms with Crippen molar-refractivity contribution in [2.45, 2.75) is 32.6 Å². The molecule has 122 valence electrons. The maximum atomic E-state index is 12.2. The van der Waals surface area contributed by atoms with Gasteiger partial charge in [0.25, 0.3) is 11.6 Å². The molecule has 9 heteroatoms. The van der Waals surface area contributed by atoms with Crippen LogP contribution < -0.4 is 5.32 Å². The quantitative estimate of drug-likeness (QED) is 0.428. The molecule has 0 aliphatic heterocycles. The molecule has 0 saturated carbocycles. The number of aryl methyl sites for hydroxylation is 1. The Balaban J connectivity index is 2.04. The largest absolute Gasteiger partial charge is 0.296 e. The first-order chi connectivity index (χ1) is 11.0. The Bertz CT molecular complexity index is 720. The molecule has 0 aliphatic rings. The number of amides is 1. The summed E-state index contributed by atoms with van der Waals surface area (Å²) in [7, 11) is 0. The van der Waals surface area contributed by atoms with Gasteiger partial charge in [-0.15, -0.1) is 10.2 Å². The summed E-state index contributed by atoms with van der Waals surface area (Å²) in [6, 6.07) is 4.21. The van der Waals surface area contributed by atoms with Gasteiger partial charge in [0.2, 0.25) is 5.13 Å². The lowest BCUT2D eigenvalue weighted by Crippen LogP contribution is -2.12. The first kappa shape index (κ1) is 17.5. The van der Waals surface area contributed by atoms with Crippen molar-refractivity contribution in [3.63, 3.8) is 0 Å². The maximum Gasteiger partial charge on any atom is 0.284 e. The highest BCUT2D eigenvalue weighted by atomic mass is 79.9. The summed E-state index contributed by atoms with van der Waals surface area (Å²) in [6.45, 7) is 2.13. The highest BCUT2D eigenvalue weighted by Gasteiger charge is 2.17. The van der Waals surface area contributed by atoms with E-state index in [4.69, 9.17) is 0 Å². The Kier molecular flexibility index (Phi) is 6.17. The van der Waals surface area contributed by atoms with Gasteiger partial charge in [0.15, 0.2) is 0 Å². The Morgan fingerprint density at radius 2 is 2.17 bits per heavy atom. The smallest absolute Gasteiger partial charge is 0.284 e. The Morgan fingerprint density at radius 1 is 1.39 bits per heavy atom. The van der Waals surface area contributed by atoms with Crippen LogP contribution in [-0.2, 0) is 6.42 Å². The van der Waals surface area contributed by atoms with Crippen molar-refractivity contribution in [1.29, 1.82) is 0 Å². The minimum Gasteiger partial charge on any atom is -0.296 e. The number of hydrogen-bond donors (Lipinski definition) is 1. The number of aromatic nitrogens is 2. The van der Waals surface area contributed by atoms with Crippen molar-refractivity contribution in [3.8, 4) is 0 Å². The Morgan fingerprint density at radius 3 is 2.87 bits per heavy atom. The molecule has 2 rings (SSSR count). The van der Waals surface area contributed by atoms with E-state index in [1.54, 1.807) is 0 Å². The summed E-state index contributed by atoms with van der Waals surface area (Å²) in [6.07, 6.45) is 4.14. The number of unbranched alkanes of at least 4 members (excludes halogenated alkanes) is 2. The van der Waals surface area contributed by atoms with Crippen molar-refractivity contribution in [1.82, 2.24) is 10.2 Å². The fourth-order valence-electron chi connectivity index (χ4n) is 1.89. The van der Waals surface area contributed by atoms with Crippen LogP contribution in [-0.4, -0.2) is 21.0 Å². The van der Waals surface area contributed by atoms with E-state index in [0.717, 1.165) is 30.7 Å². The molecule has 0 atom stereocenters. The van der Waals surface area contributed by atoms with Crippen LogP contribution in [0.15, 0.2) is 22.7 Å². The molecule has 7 nitrogen and oxygen atoms in total. The van der Waals surface area contributed by atoms with Crippen molar-refractivity contribution in [3.05, 3.63) is 43.4 Å². The predicted molar refractivity (Wildman–Crippen MR) is 91.9 cm³/mol. The normalized spacial score (nSPS) is 10.5. The molecule has 0 saturated heterocycles. The van der Waals surface area contributed by atoms with Gasteiger partial charge in [0.05, 0.1) is 9.40 Å². The van der Waals surface area contributed by atoms with E-state index in [1.807, 2.05) is 0 Å². The maximum absolute atomic E-state index is 12.2. The second-order valence-corrected chi connectivity index (χ2v) is 6.75. The Labute approximate surface area is 145 Å². The summed E-state index contributed by atoms with van der Waals surface area (Å²) in [5.74, 6) is -0.447. The van der Waals surface area contributed by atoms with Crippen LogP contribution in [0.1, 0.15) is 41.6 Å². The molecule has 0 spiro atoms. The van der Waals surface area contributed by atoms with E-state index in [-0.39, 0.29) is 11.3 Å². The van der Waals surface area contributed by atoms with Crippen LogP contribution in [0.25, 0.3) is 0 Å². The van der Waals surface area contributed by atoms with Gasteiger partial charge in [-0.2, -0.15) is 0 Å². The van der Waals surface area contributed by atoms with Crippen molar-refractivity contribution >= 4 is 44.0 Å². The van der Waals surface area contributed by atoms with Crippen LogP contribution in [0, 0.1) is 10.1 Å². The third-order valence-corrected chi connectivity index (χ3v) is 4.66. The molecule has 0 radical (unpaired) electrons. The van der Waals surface area contributed by atoms with Crippen LogP contribution in [0.3, 0.4) is 0 Å². The average Bonchev–Trinajstić information content (AvgIpc) is 2.95. The van der Waals surface area contributed by atoms with Gasteiger partial charge < -0.3 is 0 Å². The van der Waals surface area contributed by atoms with Crippen LogP contribution >= 0.6 is 27.3 Å². The average molecular weight is 399 g/mol. The molecule has 1 amide bonds. The lowest BCUT2D eigenvalue weighted by Gasteiger charge is -2.02. The second-order valence-electron chi connectivity index (χ2n) is 4.84. The highest BCUT2D eigenvalue weighted by molar-refractivity contribution is 9.10. The van der Waals surface area contributed by atoms with Gasteiger partial charge in [0, 0.05) is 18.1 Å². The molecule has 2 aromatic rings. The van der Waals surface area contributed by atoms with E-state index < -0.39 is 10.8 Å². The van der Waals surface area contributed by atoms with Crippen LogP contribution in [0.2, 0.25) is 0 Å². The lowest BCUT2D eigenvalue weighted by atomic mass is 10.2. The van der Waals surface area contributed by atoms with Gasteiger partial charge in [0.1, 0.15) is 5.01 Å². The summed E-state index contributed by atoms with van der Waals surface area (Å²) >= 11 is 4.41.